The molecule has 156 valence electrons. The van der Waals surface area contributed by atoms with E-state index in [0.717, 1.165) is 10.5 Å². The highest BCUT2D eigenvalue weighted by molar-refractivity contribution is 7.92. The molecule has 0 unspecified atom stereocenters. The van der Waals surface area contributed by atoms with Crippen LogP contribution in [0, 0.1) is 6.92 Å². The molecule has 0 aliphatic carbocycles. The normalized spacial score (nSPS) is 14.3. The smallest absolute Gasteiger partial charge is 0.301 e. The summed E-state index contributed by atoms with van der Waals surface area (Å²) in [5.41, 5.74) is 1.43. The van der Waals surface area contributed by atoms with Gasteiger partial charge in [0.05, 0.1) is 16.2 Å². The van der Waals surface area contributed by atoms with Crippen molar-refractivity contribution in [3.8, 4) is 0 Å². The first-order valence-electron chi connectivity index (χ1n) is 9.21. The van der Waals surface area contributed by atoms with E-state index in [2.05, 4.69) is 9.71 Å². The Morgan fingerprint density at radius 1 is 0.903 bits per heavy atom. The van der Waals surface area contributed by atoms with E-state index in [1.807, 2.05) is 6.92 Å². The number of anilines is 2. The molecule has 0 saturated heterocycles. The van der Waals surface area contributed by atoms with Crippen LogP contribution in [-0.4, -0.2) is 30.3 Å². The molecule has 0 radical (unpaired) electrons. The van der Waals surface area contributed by atoms with Gasteiger partial charge in [-0.15, -0.1) is 0 Å². The summed E-state index contributed by atoms with van der Waals surface area (Å²) >= 11 is 0. The molecule has 3 aromatic rings. The van der Waals surface area contributed by atoms with Gasteiger partial charge in [0.15, 0.2) is 5.76 Å². The Hall–Kier alpha value is -3.98. The SMILES string of the molecule is Cc1ccc(C2=C(O)C(=O)N(c3ccc(S(=O)(=O)Nc4ccccn4)cc3)C2=O)cc1. The molecule has 2 aromatic carbocycles. The fourth-order valence-corrected chi connectivity index (χ4v) is 4.14. The molecule has 8 nitrogen and oxygen atoms in total. The summed E-state index contributed by atoms with van der Waals surface area (Å²) in [6, 6.07) is 16.8. The van der Waals surface area contributed by atoms with Gasteiger partial charge in [-0.05, 0) is 48.9 Å². The second-order valence-corrected chi connectivity index (χ2v) is 8.53. The molecule has 2 N–H and O–H groups in total. The minimum atomic E-state index is -3.91. The zero-order chi connectivity index (χ0) is 22.2. The summed E-state index contributed by atoms with van der Waals surface area (Å²) < 4.78 is 27.4. The molecule has 1 aliphatic rings. The molecular formula is C22H17N3O5S. The third kappa shape index (κ3) is 3.78. The van der Waals surface area contributed by atoms with E-state index in [9.17, 15) is 23.1 Å². The molecular weight excluding hydrogens is 418 g/mol. The molecule has 1 aliphatic heterocycles. The number of sulfonamides is 1. The van der Waals surface area contributed by atoms with Crippen molar-refractivity contribution < 1.29 is 23.1 Å². The second-order valence-electron chi connectivity index (χ2n) is 6.85. The number of amides is 2. The lowest BCUT2D eigenvalue weighted by atomic mass is 10.0. The number of rotatable bonds is 5. The summed E-state index contributed by atoms with van der Waals surface area (Å²) in [4.78, 5) is 30.1. The quantitative estimate of drug-likeness (QED) is 0.595. The van der Waals surface area contributed by atoms with Crippen molar-refractivity contribution >= 4 is 38.9 Å². The van der Waals surface area contributed by atoms with Crippen LogP contribution in [0.4, 0.5) is 11.5 Å². The van der Waals surface area contributed by atoms with Crippen LogP contribution in [-0.2, 0) is 19.6 Å². The Bertz CT molecular complexity index is 1300. The molecule has 0 spiro atoms. The topological polar surface area (TPSA) is 117 Å². The molecule has 0 fully saturated rings. The van der Waals surface area contributed by atoms with E-state index in [0.29, 0.717) is 5.56 Å². The lowest BCUT2D eigenvalue weighted by Crippen LogP contribution is -2.31. The molecule has 4 rings (SSSR count). The highest BCUT2D eigenvalue weighted by Crippen LogP contribution is 2.32. The number of hydrogen-bond acceptors (Lipinski definition) is 6. The van der Waals surface area contributed by atoms with Crippen LogP contribution in [0.5, 0.6) is 0 Å². The summed E-state index contributed by atoms with van der Waals surface area (Å²) in [5.74, 6) is -2.05. The number of nitrogens with zero attached hydrogens (tertiary/aromatic N) is 2. The summed E-state index contributed by atoms with van der Waals surface area (Å²) in [6.45, 7) is 1.88. The number of aromatic nitrogens is 1. The number of benzene rings is 2. The lowest BCUT2D eigenvalue weighted by Gasteiger charge is -2.15. The van der Waals surface area contributed by atoms with Crippen molar-refractivity contribution in [1.82, 2.24) is 4.98 Å². The summed E-state index contributed by atoms with van der Waals surface area (Å²) in [7, 11) is -3.91. The van der Waals surface area contributed by atoms with Gasteiger partial charge in [-0.3, -0.25) is 14.3 Å². The predicted molar refractivity (Wildman–Crippen MR) is 115 cm³/mol. The number of aryl methyl sites for hydroxylation is 1. The zero-order valence-corrected chi connectivity index (χ0v) is 17.1. The Labute approximate surface area is 178 Å². The van der Waals surface area contributed by atoms with Crippen LogP contribution < -0.4 is 9.62 Å². The number of hydrogen-bond donors (Lipinski definition) is 2. The van der Waals surface area contributed by atoms with Gasteiger partial charge in [0.2, 0.25) is 0 Å². The van der Waals surface area contributed by atoms with Crippen LogP contribution in [0.1, 0.15) is 11.1 Å². The minimum absolute atomic E-state index is 0.0723. The maximum atomic E-state index is 12.9. The van der Waals surface area contributed by atoms with Gasteiger partial charge >= 0.3 is 5.91 Å². The van der Waals surface area contributed by atoms with Gasteiger partial charge < -0.3 is 5.11 Å². The molecule has 2 heterocycles. The number of imide groups is 1. The zero-order valence-electron chi connectivity index (χ0n) is 16.3. The van der Waals surface area contributed by atoms with Crippen LogP contribution in [0.2, 0.25) is 0 Å². The highest BCUT2D eigenvalue weighted by atomic mass is 32.2. The van der Waals surface area contributed by atoms with E-state index in [4.69, 9.17) is 0 Å². The van der Waals surface area contributed by atoms with Crippen molar-refractivity contribution in [2.24, 2.45) is 0 Å². The Morgan fingerprint density at radius 2 is 1.58 bits per heavy atom. The number of carbonyl (C=O) groups is 2. The van der Waals surface area contributed by atoms with E-state index in [1.54, 1.807) is 36.4 Å². The first kappa shape index (κ1) is 20.3. The first-order chi connectivity index (χ1) is 14.8. The van der Waals surface area contributed by atoms with E-state index in [-0.39, 0.29) is 22.0 Å². The maximum Gasteiger partial charge on any atom is 0.301 e. The van der Waals surface area contributed by atoms with E-state index >= 15 is 0 Å². The number of aliphatic hydroxyl groups excluding tert-OH is 1. The molecule has 2 amide bonds. The summed E-state index contributed by atoms with van der Waals surface area (Å²) in [6.07, 6.45) is 1.46. The molecule has 9 heteroatoms. The van der Waals surface area contributed by atoms with Gasteiger partial charge in [0, 0.05) is 6.20 Å². The minimum Gasteiger partial charge on any atom is -0.502 e. The Kier molecular flexibility index (Phi) is 5.04. The van der Waals surface area contributed by atoms with Gasteiger partial charge in [-0.25, -0.2) is 18.3 Å². The molecule has 0 atom stereocenters. The van der Waals surface area contributed by atoms with Gasteiger partial charge in [0.25, 0.3) is 15.9 Å². The number of carbonyl (C=O) groups excluding carboxylic acids is 2. The largest absolute Gasteiger partial charge is 0.502 e. The molecule has 0 saturated carbocycles. The maximum absolute atomic E-state index is 12.9. The van der Waals surface area contributed by atoms with Crippen LogP contribution >= 0.6 is 0 Å². The predicted octanol–water partition coefficient (Wildman–Crippen LogP) is 3.03. The Morgan fingerprint density at radius 3 is 2.19 bits per heavy atom. The van der Waals surface area contributed by atoms with Crippen molar-refractivity contribution in [3.05, 3.63) is 89.8 Å². The summed E-state index contributed by atoms with van der Waals surface area (Å²) in [5, 5.41) is 10.3. The fraction of sp³-hybridized carbons (Fsp3) is 0.0455. The Balaban J connectivity index is 1.60. The molecule has 31 heavy (non-hydrogen) atoms. The monoisotopic (exact) mass is 435 g/mol. The standard InChI is InChI=1S/C22H17N3O5S/c1-14-5-7-15(8-6-14)19-20(26)22(28)25(21(19)27)16-9-11-17(12-10-16)31(29,30)24-18-4-2-3-13-23-18/h2-13,26H,1H3,(H,23,24). The van der Waals surface area contributed by atoms with Crippen LogP contribution in [0.25, 0.3) is 5.57 Å². The molecule has 0 bridgehead atoms. The fourth-order valence-electron chi connectivity index (χ4n) is 3.13. The average molecular weight is 435 g/mol. The first-order valence-corrected chi connectivity index (χ1v) is 10.7. The van der Waals surface area contributed by atoms with E-state index in [1.165, 1.54) is 36.5 Å². The van der Waals surface area contributed by atoms with Crippen molar-refractivity contribution in [2.45, 2.75) is 11.8 Å². The van der Waals surface area contributed by atoms with E-state index < -0.39 is 27.6 Å². The number of aliphatic hydroxyl groups is 1. The second kappa shape index (κ2) is 7.69. The number of pyridine rings is 1. The third-order valence-electron chi connectivity index (χ3n) is 4.71. The van der Waals surface area contributed by atoms with Crippen LogP contribution in [0.15, 0.2) is 83.6 Å². The van der Waals surface area contributed by atoms with Crippen molar-refractivity contribution in [3.63, 3.8) is 0 Å². The third-order valence-corrected chi connectivity index (χ3v) is 6.08. The van der Waals surface area contributed by atoms with Gasteiger partial charge in [0.1, 0.15) is 5.82 Å². The highest BCUT2D eigenvalue weighted by Gasteiger charge is 2.40. The van der Waals surface area contributed by atoms with Gasteiger partial charge in [-0.2, -0.15) is 0 Å². The lowest BCUT2D eigenvalue weighted by molar-refractivity contribution is -0.121. The van der Waals surface area contributed by atoms with Crippen molar-refractivity contribution in [2.75, 3.05) is 9.62 Å². The number of nitrogens with one attached hydrogen (secondary N) is 1. The van der Waals surface area contributed by atoms with Crippen molar-refractivity contribution in [1.29, 1.82) is 0 Å². The molecule has 1 aromatic heterocycles. The average Bonchev–Trinajstić information content (AvgIpc) is 2.98. The van der Waals surface area contributed by atoms with Gasteiger partial charge in [-0.1, -0.05) is 35.9 Å². The van der Waals surface area contributed by atoms with Crippen LogP contribution in [0.3, 0.4) is 0 Å².